The van der Waals surface area contributed by atoms with Crippen LogP contribution in [-0.2, 0) is 4.79 Å². The third-order valence-corrected chi connectivity index (χ3v) is 2.39. The number of rotatable bonds is 3. The van der Waals surface area contributed by atoms with Gasteiger partial charge in [0.05, 0.1) is 7.11 Å². The van der Waals surface area contributed by atoms with Gasteiger partial charge < -0.3 is 9.84 Å². The van der Waals surface area contributed by atoms with E-state index in [0.717, 1.165) is 16.9 Å². The van der Waals surface area contributed by atoms with Crippen LogP contribution in [0.3, 0.4) is 0 Å². The second-order valence-electron chi connectivity index (χ2n) is 3.29. The van der Waals surface area contributed by atoms with Crippen molar-refractivity contribution in [1.29, 1.82) is 0 Å². The van der Waals surface area contributed by atoms with Crippen molar-refractivity contribution in [2.75, 3.05) is 7.11 Å². The molecule has 0 saturated heterocycles. The maximum atomic E-state index is 10.8. The molecule has 0 spiro atoms. The fourth-order valence-corrected chi connectivity index (χ4v) is 1.23. The van der Waals surface area contributed by atoms with Crippen LogP contribution in [0.5, 0.6) is 5.75 Å². The Kier molecular flexibility index (Phi) is 3.50. The summed E-state index contributed by atoms with van der Waals surface area (Å²) in [6, 6.07) is 7.35. The molecule has 80 valence electrons. The van der Waals surface area contributed by atoms with Gasteiger partial charge >= 0.3 is 5.97 Å². The van der Waals surface area contributed by atoms with Crippen LogP contribution in [0.15, 0.2) is 29.8 Å². The minimum absolute atomic E-state index is 0.350. The Morgan fingerprint density at radius 2 is 2.00 bits per heavy atom. The molecule has 0 amide bonds. The fraction of sp³-hybridized carbons (Fsp3) is 0.250. The smallest absolute Gasteiger partial charge is 0.331 e. The van der Waals surface area contributed by atoms with Crippen LogP contribution < -0.4 is 4.74 Å². The first kappa shape index (κ1) is 11.3. The Balaban J connectivity index is 3.16. The van der Waals surface area contributed by atoms with E-state index in [1.54, 1.807) is 21.0 Å². The quantitative estimate of drug-likeness (QED) is 0.773. The molecule has 0 aliphatic rings. The van der Waals surface area contributed by atoms with Crippen molar-refractivity contribution in [1.82, 2.24) is 0 Å². The fourth-order valence-electron chi connectivity index (χ4n) is 1.23. The highest BCUT2D eigenvalue weighted by Crippen LogP contribution is 2.22. The number of allylic oxidation sites excluding steroid dienone is 1. The summed E-state index contributed by atoms with van der Waals surface area (Å²) in [5.41, 5.74) is 1.97. The van der Waals surface area contributed by atoms with E-state index < -0.39 is 5.97 Å². The molecule has 0 aromatic heterocycles. The summed E-state index contributed by atoms with van der Waals surface area (Å²) < 4.78 is 5.08. The van der Waals surface area contributed by atoms with Gasteiger partial charge in [-0.1, -0.05) is 12.1 Å². The molecule has 1 aromatic carbocycles. The Labute approximate surface area is 89.0 Å². The van der Waals surface area contributed by atoms with Gasteiger partial charge in [-0.05, 0) is 37.1 Å². The Hall–Kier alpha value is -1.77. The summed E-state index contributed by atoms with van der Waals surface area (Å²) in [6.07, 6.45) is 0. The third-order valence-electron chi connectivity index (χ3n) is 2.39. The molecular formula is C12H14O3. The molecule has 0 saturated carbocycles. The predicted octanol–water partition coefficient (Wildman–Crippen LogP) is 2.57. The second-order valence-corrected chi connectivity index (χ2v) is 3.29. The van der Waals surface area contributed by atoms with Crippen LogP contribution in [0, 0.1) is 0 Å². The van der Waals surface area contributed by atoms with Crippen LogP contribution in [0.25, 0.3) is 5.57 Å². The maximum Gasteiger partial charge on any atom is 0.331 e. The number of carbonyl (C=O) groups is 1. The van der Waals surface area contributed by atoms with Gasteiger partial charge in [-0.25, -0.2) is 4.79 Å². The van der Waals surface area contributed by atoms with Crippen LogP contribution in [0.2, 0.25) is 0 Å². The minimum Gasteiger partial charge on any atom is -0.497 e. The number of carboxylic acids is 1. The van der Waals surface area contributed by atoms with Crippen LogP contribution >= 0.6 is 0 Å². The molecule has 1 aromatic rings. The second kappa shape index (κ2) is 4.64. The number of hydrogen-bond donors (Lipinski definition) is 1. The topological polar surface area (TPSA) is 46.5 Å². The van der Waals surface area contributed by atoms with E-state index in [4.69, 9.17) is 9.84 Å². The van der Waals surface area contributed by atoms with E-state index in [2.05, 4.69) is 0 Å². The minimum atomic E-state index is -0.893. The molecule has 1 rings (SSSR count). The number of aliphatic carboxylic acids is 1. The highest BCUT2D eigenvalue weighted by Gasteiger charge is 2.07. The molecule has 0 aliphatic carbocycles. The highest BCUT2D eigenvalue weighted by molar-refractivity contribution is 5.95. The zero-order chi connectivity index (χ0) is 11.4. The molecule has 3 heteroatoms. The molecule has 0 atom stereocenters. The van der Waals surface area contributed by atoms with Crippen molar-refractivity contribution >= 4 is 11.5 Å². The van der Waals surface area contributed by atoms with Gasteiger partial charge in [0.1, 0.15) is 5.75 Å². The van der Waals surface area contributed by atoms with E-state index in [-0.39, 0.29) is 0 Å². The average molecular weight is 206 g/mol. The van der Waals surface area contributed by atoms with Crippen molar-refractivity contribution in [3.63, 3.8) is 0 Å². The largest absolute Gasteiger partial charge is 0.497 e. The first-order valence-corrected chi connectivity index (χ1v) is 4.61. The van der Waals surface area contributed by atoms with Gasteiger partial charge in [-0.3, -0.25) is 0 Å². The van der Waals surface area contributed by atoms with Crippen molar-refractivity contribution in [3.8, 4) is 5.75 Å². The van der Waals surface area contributed by atoms with E-state index >= 15 is 0 Å². The van der Waals surface area contributed by atoms with Gasteiger partial charge in [0.2, 0.25) is 0 Å². The van der Waals surface area contributed by atoms with Crippen LogP contribution in [0.4, 0.5) is 0 Å². The van der Waals surface area contributed by atoms with E-state index in [1.807, 2.05) is 24.3 Å². The number of carboxylic acid groups (broad SMARTS) is 1. The van der Waals surface area contributed by atoms with Crippen molar-refractivity contribution < 1.29 is 14.6 Å². The highest BCUT2D eigenvalue weighted by atomic mass is 16.5. The molecule has 0 fully saturated rings. The lowest BCUT2D eigenvalue weighted by molar-refractivity contribution is -0.132. The van der Waals surface area contributed by atoms with Crippen molar-refractivity contribution in [2.45, 2.75) is 13.8 Å². The summed E-state index contributed by atoms with van der Waals surface area (Å²) in [6.45, 7) is 3.38. The lowest BCUT2D eigenvalue weighted by atomic mass is 10.0. The van der Waals surface area contributed by atoms with Gasteiger partial charge in [0.15, 0.2) is 0 Å². The molecule has 3 nitrogen and oxygen atoms in total. The number of ether oxygens (including phenoxy) is 1. The molecule has 0 radical (unpaired) electrons. The number of benzene rings is 1. The molecule has 0 aliphatic heterocycles. The van der Waals surface area contributed by atoms with Gasteiger partial charge in [0, 0.05) is 5.57 Å². The van der Waals surface area contributed by atoms with E-state index in [1.165, 1.54) is 0 Å². The number of methoxy groups -OCH3 is 1. The van der Waals surface area contributed by atoms with Crippen molar-refractivity contribution in [3.05, 3.63) is 35.4 Å². The zero-order valence-corrected chi connectivity index (χ0v) is 9.07. The van der Waals surface area contributed by atoms with Gasteiger partial charge in [-0.15, -0.1) is 0 Å². The summed E-state index contributed by atoms with van der Waals surface area (Å²) in [4.78, 5) is 10.8. The molecular weight excluding hydrogens is 192 g/mol. The summed E-state index contributed by atoms with van der Waals surface area (Å²) in [7, 11) is 1.59. The van der Waals surface area contributed by atoms with E-state index in [9.17, 15) is 4.79 Å². The zero-order valence-electron chi connectivity index (χ0n) is 9.07. The Morgan fingerprint density at radius 1 is 1.33 bits per heavy atom. The first-order chi connectivity index (χ1) is 7.06. The van der Waals surface area contributed by atoms with Gasteiger partial charge in [0.25, 0.3) is 0 Å². The average Bonchev–Trinajstić information content (AvgIpc) is 2.27. The molecule has 15 heavy (non-hydrogen) atoms. The lowest BCUT2D eigenvalue weighted by Gasteiger charge is -2.06. The summed E-state index contributed by atoms with van der Waals surface area (Å²) in [5, 5.41) is 8.85. The monoisotopic (exact) mass is 206 g/mol. The Bertz CT molecular complexity index is 405. The summed E-state index contributed by atoms with van der Waals surface area (Å²) >= 11 is 0. The van der Waals surface area contributed by atoms with E-state index in [0.29, 0.717) is 5.57 Å². The first-order valence-electron chi connectivity index (χ1n) is 4.61. The summed E-state index contributed by atoms with van der Waals surface area (Å²) in [5.74, 6) is -0.166. The maximum absolute atomic E-state index is 10.8. The third kappa shape index (κ3) is 2.59. The predicted molar refractivity (Wildman–Crippen MR) is 58.9 cm³/mol. The van der Waals surface area contributed by atoms with Crippen LogP contribution in [0.1, 0.15) is 19.4 Å². The standard InChI is InChI=1S/C12H14O3/c1-8(9(2)12(13)14)10-5-4-6-11(7-10)15-3/h4-7H,1-3H3,(H,13,14). The number of hydrogen-bond acceptors (Lipinski definition) is 2. The van der Waals surface area contributed by atoms with Crippen LogP contribution in [-0.4, -0.2) is 18.2 Å². The molecule has 0 bridgehead atoms. The van der Waals surface area contributed by atoms with Gasteiger partial charge in [-0.2, -0.15) is 0 Å². The molecule has 1 N–H and O–H groups in total. The molecule has 0 unspecified atom stereocenters. The molecule has 0 heterocycles. The SMILES string of the molecule is COc1cccc(C(C)=C(C)C(=O)O)c1. The lowest BCUT2D eigenvalue weighted by Crippen LogP contribution is -1.99. The van der Waals surface area contributed by atoms with Crippen molar-refractivity contribution in [2.24, 2.45) is 0 Å². The normalized spacial score (nSPS) is 11.9. The Morgan fingerprint density at radius 3 is 2.53 bits per heavy atom.